The predicted octanol–water partition coefficient (Wildman–Crippen LogP) is 2.30. The molecule has 0 bridgehead atoms. The summed E-state index contributed by atoms with van der Waals surface area (Å²) >= 11 is 1.50. The molecule has 1 atom stereocenters. The summed E-state index contributed by atoms with van der Waals surface area (Å²) in [5.41, 5.74) is 7.47. The molecule has 0 saturated carbocycles. The van der Waals surface area contributed by atoms with Gasteiger partial charge in [-0.15, -0.1) is 11.3 Å². The summed E-state index contributed by atoms with van der Waals surface area (Å²) in [5, 5.41) is 19.1. The van der Waals surface area contributed by atoms with Crippen LogP contribution >= 0.6 is 11.3 Å². The molecule has 1 amide bonds. The molecule has 4 N–H and O–H groups in total. The molecule has 2 aromatic rings. The summed E-state index contributed by atoms with van der Waals surface area (Å²) in [7, 11) is 0. The Hall–Kier alpha value is -2.33. The summed E-state index contributed by atoms with van der Waals surface area (Å²) in [5.74, 6) is 0.556. The number of hydrogen-bond donors (Lipinski definition) is 3. The molecule has 3 rings (SSSR count). The molecule has 0 aliphatic heterocycles. The molecule has 2 heterocycles. The molecule has 1 unspecified atom stereocenters. The van der Waals surface area contributed by atoms with Crippen LogP contribution in [0.25, 0.3) is 0 Å². The van der Waals surface area contributed by atoms with E-state index < -0.39 is 0 Å². The molecule has 108 valence electrons. The van der Waals surface area contributed by atoms with Crippen molar-refractivity contribution in [1.82, 2.24) is 10.2 Å². The molecule has 0 aromatic carbocycles. The number of nitrogen functional groups attached to an aromatic ring is 1. The lowest BCUT2D eigenvalue weighted by molar-refractivity contribution is 0.102. The lowest BCUT2D eigenvalue weighted by atomic mass is 9.89. The van der Waals surface area contributed by atoms with Gasteiger partial charge >= 0.3 is 0 Å². The average molecular weight is 301 g/mol. The molecule has 0 saturated heterocycles. The van der Waals surface area contributed by atoms with Crippen molar-refractivity contribution < 1.29 is 4.79 Å². The molecule has 0 fully saturated rings. The van der Waals surface area contributed by atoms with Crippen molar-refractivity contribution >= 4 is 28.1 Å². The minimum Gasteiger partial charge on any atom is -0.382 e. The van der Waals surface area contributed by atoms with E-state index in [9.17, 15) is 10.1 Å². The summed E-state index contributed by atoms with van der Waals surface area (Å²) in [6, 6.07) is 3.69. The van der Waals surface area contributed by atoms with Crippen molar-refractivity contribution in [3.63, 3.8) is 0 Å². The van der Waals surface area contributed by atoms with E-state index in [1.807, 2.05) is 0 Å². The Morgan fingerprint density at radius 1 is 1.67 bits per heavy atom. The topological polar surface area (TPSA) is 108 Å². The van der Waals surface area contributed by atoms with Gasteiger partial charge in [-0.05, 0) is 30.7 Å². The number of fused-ring (bicyclic) bond motifs is 1. The van der Waals surface area contributed by atoms with Gasteiger partial charge in [-0.1, -0.05) is 6.92 Å². The molecule has 6 nitrogen and oxygen atoms in total. The highest BCUT2D eigenvalue weighted by Crippen LogP contribution is 2.39. The maximum Gasteiger partial charge on any atom is 0.274 e. The average Bonchev–Trinajstić information content (AvgIpc) is 3.01. The number of nitrogens with two attached hydrogens (primary N) is 1. The molecule has 1 aliphatic carbocycles. The van der Waals surface area contributed by atoms with Gasteiger partial charge in [-0.2, -0.15) is 10.4 Å². The number of nitriles is 1. The number of thiophene rings is 1. The van der Waals surface area contributed by atoms with Crippen LogP contribution in [-0.2, 0) is 12.8 Å². The van der Waals surface area contributed by atoms with Crippen LogP contribution in [0.2, 0.25) is 0 Å². The molecule has 21 heavy (non-hydrogen) atoms. The van der Waals surface area contributed by atoms with Gasteiger partial charge in [0.1, 0.15) is 22.6 Å². The molecule has 0 spiro atoms. The van der Waals surface area contributed by atoms with Crippen LogP contribution in [-0.4, -0.2) is 16.1 Å². The van der Waals surface area contributed by atoms with Gasteiger partial charge in [0.2, 0.25) is 0 Å². The number of hydrogen-bond acceptors (Lipinski definition) is 5. The normalized spacial score (nSPS) is 17.0. The number of aromatic nitrogens is 2. The predicted molar refractivity (Wildman–Crippen MR) is 81.2 cm³/mol. The van der Waals surface area contributed by atoms with E-state index in [0.29, 0.717) is 16.5 Å². The first-order valence-electron chi connectivity index (χ1n) is 6.75. The molecule has 0 radical (unpaired) electrons. The monoisotopic (exact) mass is 301 g/mol. The number of amides is 1. The Labute approximate surface area is 126 Å². The number of carbonyl (C=O) groups is 1. The van der Waals surface area contributed by atoms with Gasteiger partial charge in [-0.25, -0.2) is 0 Å². The third kappa shape index (κ3) is 2.50. The van der Waals surface area contributed by atoms with Crippen LogP contribution in [0.15, 0.2) is 6.07 Å². The van der Waals surface area contributed by atoms with Gasteiger partial charge in [0.15, 0.2) is 0 Å². The summed E-state index contributed by atoms with van der Waals surface area (Å²) in [6.07, 6.45) is 2.97. The number of anilines is 2. The van der Waals surface area contributed by atoms with Crippen LogP contribution in [0.5, 0.6) is 0 Å². The summed E-state index contributed by atoms with van der Waals surface area (Å²) < 4.78 is 0. The number of rotatable bonds is 2. The summed E-state index contributed by atoms with van der Waals surface area (Å²) in [4.78, 5) is 13.3. The fourth-order valence-electron chi connectivity index (χ4n) is 2.58. The molecule has 7 heteroatoms. The van der Waals surface area contributed by atoms with E-state index in [-0.39, 0.29) is 17.4 Å². The largest absolute Gasteiger partial charge is 0.382 e. The third-order valence-corrected chi connectivity index (χ3v) is 4.86. The van der Waals surface area contributed by atoms with Crippen LogP contribution in [0.3, 0.4) is 0 Å². The van der Waals surface area contributed by atoms with Gasteiger partial charge < -0.3 is 11.1 Å². The Morgan fingerprint density at radius 3 is 3.14 bits per heavy atom. The van der Waals surface area contributed by atoms with Crippen LogP contribution < -0.4 is 11.1 Å². The number of nitrogens with one attached hydrogen (secondary N) is 2. The van der Waals surface area contributed by atoms with Crippen LogP contribution in [0.1, 0.15) is 39.8 Å². The van der Waals surface area contributed by atoms with Crippen LogP contribution in [0, 0.1) is 17.2 Å². The standard InChI is InChI=1S/C14H15N5OS/c1-7-2-3-8-9(6-15)14(21-11(8)4-7)17-13(20)10-5-12(16)19-18-10/h5,7H,2-4H2,1H3,(H,17,20)(H3,16,18,19). The number of carbonyl (C=O) groups excluding carboxylic acids is 1. The molecule has 2 aromatic heterocycles. The Morgan fingerprint density at radius 2 is 2.48 bits per heavy atom. The van der Waals surface area contributed by atoms with E-state index in [1.165, 1.54) is 22.3 Å². The molecular formula is C14H15N5OS. The van der Waals surface area contributed by atoms with Crippen molar-refractivity contribution in [2.24, 2.45) is 5.92 Å². The second-order valence-corrected chi connectivity index (χ2v) is 6.43. The SMILES string of the molecule is CC1CCc2c(sc(NC(=O)c3cc(N)n[nH]3)c2C#N)C1. The van der Waals surface area contributed by atoms with Crippen molar-refractivity contribution in [3.8, 4) is 6.07 Å². The van der Waals surface area contributed by atoms with Crippen LogP contribution in [0.4, 0.5) is 10.8 Å². The fraction of sp³-hybridized carbons (Fsp3) is 0.357. The minimum absolute atomic E-state index is 0.264. The molecule has 1 aliphatic rings. The quantitative estimate of drug-likeness (QED) is 0.791. The maximum absolute atomic E-state index is 12.1. The Balaban J connectivity index is 1.89. The van der Waals surface area contributed by atoms with E-state index in [4.69, 9.17) is 5.73 Å². The van der Waals surface area contributed by atoms with Crippen molar-refractivity contribution in [2.45, 2.75) is 26.2 Å². The van der Waals surface area contributed by atoms with Crippen molar-refractivity contribution in [1.29, 1.82) is 5.26 Å². The highest BCUT2D eigenvalue weighted by Gasteiger charge is 2.25. The smallest absolute Gasteiger partial charge is 0.274 e. The van der Waals surface area contributed by atoms with E-state index in [1.54, 1.807) is 0 Å². The lowest BCUT2D eigenvalue weighted by Crippen LogP contribution is -2.12. The Bertz CT molecular complexity index is 739. The summed E-state index contributed by atoms with van der Waals surface area (Å²) in [6.45, 7) is 2.21. The fourth-order valence-corrected chi connectivity index (χ4v) is 3.94. The number of aromatic amines is 1. The highest BCUT2D eigenvalue weighted by atomic mass is 32.1. The maximum atomic E-state index is 12.1. The third-order valence-electron chi connectivity index (χ3n) is 3.69. The lowest BCUT2D eigenvalue weighted by Gasteiger charge is -2.17. The second kappa shape index (κ2) is 5.22. The van der Waals surface area contributed by atoms with Gasteiger partial charge in [0.25, 0.3) is 5.91 Å². The number of nitrogens with zero attached hydrogens (tertiary/aromatic N) is 2. The van der Waals surface area contributed by atoms with Crippen molar-refractivity contribution in [3.05, 3.63) is 27.8 Å². The van der Waals surface area contributed by atoms with Gasteiger partial charge in [-0.3, -0.25) is 9.89 Å². The Kier molecular flexibility index (Phi) is 3.39. The van der Waals surface area contributed by atoms with Crippen molar-refractivity contribution in [2.75, 3.05) is 11.1 Å². The zero-order valence-corrected chi connectivity index (χ0v) is 12.4. The van der Waals surface area contributed by atoms with E-state index in [0.717, 1.165) is 24.8 Å². The zero-order chi connectivity index (χ0) is 15.0. The first-order valence-corrected chi connectivity index (χ1v) is 7.57. The molecular weight excluding hydrogens is 286 g/mol. The van der Waals surface area contributed by atoms with Gasteiger partial charge in [0.05, 0.1) is 5.56 Å². The zero-order valence-electron chi connectivity index (χ0n) is 11.6. The van der Waals surface area contributed by atoms with E-state index >= 15 is 0 Å². The van der Waals surface area contributed by atoms with Gasteiger partial charge in [0, 0.05) is 10.9 Å². The van der Waals surface area contributed by atoms with E-state index in [2.05, 4.69) is 28.5 Å². The first kappa shape index (κ1) is 13.6. The first-order chi connectivity index (χ1) is 10.1. The minimum atomic E-state index is -0.331. The second-order valence-electron chi connectivity index (χ2n) is 5.33. The number of H-pyrrole nitrogens is 1. The highest BCUT2D eigenvalue weighted by molar-refractivity contribution is 7.16.